The second-order valence-electron chi connectivity index (χ2n) is 9.40. The summed E-state index contributed by atoms with van der Waals surface area (Å²) in [6, 6.07) is 16.8. The number of halogens is 3. The third-order valence-electron chi connectivity index (χ3n) is 6.61. The van der Waals surface area contributed by atoms with Gasteiger partial charge in [-0.25, -0.2) is 4.98 Å². The molecule has 5 rings (SSSR count). The van der Waals surface area contributed by atoms with E-state index in [0.717, 1.165) is 22.5 Å². The van der Waals surface area contributed by atoms with Crippen LogP contribution in [0.25, 0.3) is 28.0 Å². The number of anilines is 1. The SMILES string of the molecule is CC(C)OC1(C(N)=O)CCN(c2cc(Cl)nc3c(-c4ccc(Cl)cc4)c(-c4ccccc4Cl)nn23)CC1. The van der Waals surface area contributed by atoms with Crippen molar-refractivity contribution < 1.29 is 9.53 Å². The van der Waals surface area contributed by atoms with Gasteiger partial charge in [0.2, 0.25) is 5.91 Å². The van der Waals surface area contributed by atoms with Gasteiger partial charge in [-0.3, -0.25) is 4.79 Å². The molecular weight excluding hydrogens is 533 g/mol. The van der Waals surface area contributed by atoms with Gasteiger partial charge in [0.25, 0.3) is 0 Å². The molecule has 1 amide bonds. The molecule has 0 spiro atoms. The fourth-order valence-electron chi connectivity index (χ4n) is 4.89. The fraction of sp³-hybridized carbons (Fsp3) is 0.296. The van der Waals surface area contributed by atoms with Crippen LogP contribution in [-0.2, 0) is 9.53 Å². The largest absolute Gasteiger partial charge is 0.367 e. The molecule has 0 saturated carbocycles. The fourth-order valence-corrected chi connectivity index (χ4v) is 5.42. The smallest absolute Gasteiger partial charge is 0.249 e. The number of primary amides is 1. The van der Waals surface area contributed by atoms with Gasteiger partial charge in [0.05, 0.1) is 16.7 Å². The summed E-state index contributed by atoms with van der Waals surface area (Å²) < 4.78 is 7.80. The molecule has 1 fully saturated rings. The number of piperidine rings is 1. The Morgan fingerprint density at radius 1 is 1.05 bits per heavy atom. The van der Waals surface area contributed by atoms with E-state index >= 15 is 0 Å². The van der Waals surface area contributed by atoms with E-state index in [4.69, 9.17) is 50.4 Å². The number of carbonyl (C=O) groups excluding carboxylic acids is 1. The first-order valence-electron chi connectivity index (χ1n) is 12.0. The van der Waals surface area contributed by atoms with Gasteiger partial charge in [-0.05, 0) is 37.6 Å². The first-order chi connectivity index (χ1) is 17.7. The first-order valence-corrected chi connectivity index (χ1v) is 13.1. The summed E-state index contributed by atoms with van der Waals surface area (Å²) in [7, 11) is 0. The van der Waals surface area contributed by atoms with Crippen LogP contribution in [0.5, 0.6) is 0 Å². The normalized spacial score (nSPS) is 15.5. The van der Waals surface area contributed by atoms with Crippen molar-refractivity contribution in [3.63, 3.8) is 0 Å². The predicted molar refractivity (Wildman–Crippen MR) is 148 cm³/mol. The van der Waals surface area contributed by atoms with E-state index in [1.807, 2.05) is 62.4 Å². The lowest BCUT2D eigenvalue weighted by Crippen LogP contribution is -2.55. The molecule has 0 unspecified atom stereocenters. The molecule has 3 heterocycles. The molecule has 0 bridgehead atoms. The Morgan fingerprint density at radius 3 is 2.35 bits per heavy atom. The molecule has 1 saturated heterocycles. The number of benzene rings is 2. The van der Waals surface area contributed by atoms with Crippen LogP contribution in [-0.4, -0.2) is 45.3 Å². The lowest BCUT2D eigenvalue weighted by molar-refractivity contribution is -0.153. The molecule has 1 aliphatic rings. The maximum absolute atomic E-state index is 12.3. The summed E-state index contributed by atoms with van der Waals surface area (Å²) in [4.78, 5) is 19.1. The molecule has 10 heteroatoms. The van der Waals surface area contributed by atoms with Gasteiger partial charge in [0.15, 0.2) is 5.65 Å². The average molecular weight is 559 g/mol. The molecular formula is C27H26Cl3N5O2. The summed E-state index contributed by atoms with van der Waals surface area (Å²) in [5.74, 6) is 0.315. The van der Waals surface area contributed by atoms with Gasteiger partial charge in [-0.2, -0.15) is 9.61 Å². The van der Waals surface area contributed by atoms with Crippen LogP contribution in [0.3, 0.4) is 0 Å². The third kappa shape index (κ3) is 4.89. The predicted octanol–water partition coefficient (Wildman–Crippen LogP) is 6.27. The highest BCUT2D eigenvalue weighted by molar-refractivity contribution is 6.33. The number of rotatable bonds is 6. The maximum atomic E-state index is 12.3. The monoisotopic (exact) mass is 557 g/mol. The highest BCUT2D eigenvalue weighted by atomic mass is 35.5. The minimum absolute atomic E-state index is 0.118. The number of aromatic nitrogens is 3. The molecule has 1 aliphatic heterocycles. The van der Waals surface area contributed by atoms with E-state index in [9.17, 15) is 4.79 Å². The van der Waals surface area contributed by atoms with Crippen LogP contribution < -0.4 is 10.6 Å². The number of nitrogens with two attached hydrogens (primary N) is 1. The van der Waals surface area contributed by atoms with Crippen LogP contribution in [0.2, 0.25) is 15.2 Å². The average Bonchev–Trinajstić information content (AvgIpc) is 3.23. The Morgan fingerprint density at radius 2 is 1.73 bits per heavy atom. The molecule has 0 atom stereocenters. The molecule has 2 aromatic carbocycles. The Labute approximate surface area is 230 Å². The maximum Gasteiger partial charge on any atom is 0.249 e. The number of fused-ring (bicyclic) bond motifs is 1. The zero-order valence-electron chi connectivity index (χ0n) is 20.4. The molecule has 192 valence electrons. The van der Waals surface area contributed by atoms with Crippen molar-refractivity contribution in [1.82, 2.24) is 14.6 Å². The van der Waals surface area contributed by atoms with Gasteiger partial charge >= 0.3 is 0 Å². The van der Waals surface area contributed by atoms with Crippen molar-refractivity contribution >= 4 is 52.2 Å². The molecule has 7 nitrogen and oxygen atoms in total. The van der Waals surface area contributed by atoms with Crippen LogP contribution in [0.15, 0.2) is 54.6 Å². The summed E-state index contributed by atoms with van der Waals surface area (Å²) in [5.41, 5.74) is 8.49. The van der Waals surface area contributed by atoms with Crippen LogP contribution in [0.1, 0.15) is 26.7 Å². The highest BCUT2D eigenvalue weighted by Gasteiger charge is 2.42. The number of hydrogen-bond acceptors (Lipinski definition) is 5. The van der Waals surface area contributed by atoms with Crippen molar-refractivity contribution in [2.45, 2.75) is 38.4 Å². The van der Waals surface area contributed by atoms with Gasteiger partial charge in [-0.1, -0.05) is 65.1 Å². The molecule has 0 radical (unpaired) electrons. The van der Waals surface area contributed by atoms with Crippen molar-refractivity contribution in [3.8, 4) is 22.4 Å². The second kappa shape index (κ2) is 10.1. The van der Waals surface area contributed by atoms with E-state index < -0.39 is 11.5 Å². The molecule has 37 heavy (non-hydrogen) atoms. The lowest BCUT2D eigenvalue weighted by Gasteiger charge is -2.41. The van der Waals surface area contributed by atoms with Gasteiger partial charge in [0, 0.05) is 42.6 Å². The Hall–Kier alpha value is -2.84. The Balaban J connectivity index is 1.65. The topological polar surface area (TPSA) is 85.8 Å². The van der Waals surface area contributed by atoms with Crippen LogP contribution in [0, 0.1) is 0 Å². The minimum atomic E-state index is -0.998. The van der Waals surface area contributed by atoms with Crippen LogP contribution >= 0.6 is 34.8 Å². The lowest BCUT2D eigenvalue weighted by atomic mass is 9.90. The third-order valence-corrected chi connectivity index (χ3v) is 7.38. The summed E-state index contributed by atoms with van der Waals surface area (Å²) in [6.07, 6.45) is 0.780. The second-order valence-corrected chi connectivity index (χ2v) is 10.6. The summed E-state index contributed by atoms with van der Waals surface area (Å²) in [6.45, 7) is 4.87. The zero-order valence-corrected chi connectivity index (χ0v) is 22.7. The van der Waals surface area contributed by atoms with E-state index in [0.29, 0.717) is 52.5 Å². The standard InChI is InChI=1S/C27H26Cl3N5O2/c1-16(2)37-27(26(31)36)11-13-34(14-12-27)22-15-21(30)32-25-23(17-7-9-18(28)10-8-17)24(33-35(22)25)19-5-3-4-6-20(19)29/h3-10,15-16H,11-14H2,1-2H3,(H2,31,36). The van der Waals surface area contributed by atoms with Gasteiger partial charge in [0.1, 0.15) is 22.3 Å². The quantitative estimate of drug-likeness (QED) is 0.282. The number of carbonyl (C=O) groups is 1. The molecule has 2 aromatic heterocycles. The van der Waals surface area contributed by atoms with E-state index in [-0.39, 0.29) is 6.10 Å². The summed E-state index contributed by atoms with van der Waals surface area (Å²) >= 11 is 19.3. The Bertz CT molecular complexity index is 1460. The first kappa shape index (κ1) is 25.8. The minimum Gasteiger partial charge on any atom is -0.367 e. The molecule has 4 aromatic rings. The number of ether oxygens (including phenoxy) is 1. The number of nitrogens with zero attached hydrogens (tertiary/aromatic N) is 4. The highest BCUT2D eigenvalue weighted by Crippen LogP contribution is 2.40. The zero-order chi connectivity index (χ0) is 26.3. The van der Waals surface area contributed by atoms with E-state index in [1.165, 1.54) is 0 Å². The molecule has 2 N–H and O–H groups in total. The Kier molecular flexibility index (Phi) is 7.07. The van der Waals surface area contributed by atoms with E-state index in [1.54, 1.807) is 10.6 Å². The van der Waals surface area contributed by atoms with Crippen molar-refractivity contribution in [2.24, 2.45) is 5.73 Å². The van der Waals surface area contributed by atoms with Crippen molar-refractivity contribution in [2.75, 3.05) is 18.0 Å². The van der Waals surface area contributed by atoms with Crippen LogP contribution in [0.4, 0.5) is 5.82 Å². The van der Waals surface area contributed by atoms with Gasteiger partial charge in [-0.15, -0.1) is 0 Å². The molecule has 0 aliphatic carbocycles. The summed E-state index contributed by atoms with van der Waals surface area (Å²) in [5, 5.41) is 6.52. The van der Waals surface area contributed by atoms with Gasteiger partial charge < -0.3 is 15.4 Å². The van der Waals surface area contributed by atoms with E-state index in [2.05, 4.69) is 9.88 Å². The van der Waals surface area contributed by atoms with Crippen molar-refractivity contribution in [1.29, 1.82) is 0 Å². The number of hydrogen-bond donors (Lipinski definition) is 1. The van der Waals surface area contributed by atoms with Crippen molar-refractivity contribution in [3.05, 3.63) is 69.8 Å². The number of amides is 1.